The fraction of sp³-hybridized carbons (Fsp3) is 0.208. The fourth-order valence-corrected chi connectivity index (χ4v) is 6.15. The van der Waals surface area contributed by atoms with E-state index >= 15 is 0 Å². The van der Waals surface area contributed by atoms with Crippen LogP contribution in [0, 0.1) is 5.82 Å². The van der Waals surface area contributed by atoms with Gasteiger partial charge in [0.25, 0.3) is 0 Å². The number of halogens is 2. The molecule has 0 N–H and O–H groups in total. The Morgan fingerprint density at radius 3 is 2.53 bits per heavy atom. The molecule has 1 aliphatic rings. The zero-order valence-electron chi connectivity index (χ0n) is 17.9. The van der Waals surface area contributed by atoms with E-state index < -0.39 is 10.0 Å². The average molecular weight is 499 g/mol. The second-order valence-electron chi connectivity index (χ2n) is 8.07. The van der Waals surface area contributed by atoms with Crippen LogP contribution in [0.1, 0.15) is 29.2 Å². The van der Waals surface area contributed by atoms with Crippen LogP contribution < -0.4 is 0 Å². The molecule has 0 bridgehead atoms. The van der Waals surface area contributed by atoms with Crippen molar-refractivity contribution in [1.82, 2.24) is 18.8 Å². The largest absolute Gasteiger partial charge is 0.305 e. The van der Waals surface area contributed by atoms with Crippen molar-refractivity contribution in [1.29, 1.82) is 0 Å². The van der Waals surface area contributed by atoms with Gasteiger partial charge in [-0.1, -0.05) is 23.7 Å². The van der Waals surface area contributed by atoms with Crippen LogP contribution in [0.4, 0.5) is 4.39 Å². The lowest BCUT2D eigenvalue weighted by atomic mass is 10.1. The summed E-state index contributed by atoms with van der Waals surface area (Å²) >= 11 is 6.05. The molecule has 2 aromatic heterocycles. The van der Waals surface area contributed by atoms with Crippen molar-refractivity contribution in [2.45, 2.75) is 23.8 Å². The number of hydrogen-bond acceptors (Lipinski definition) is 5. The smallest absolute Gasteiger partial charge is 0.243 e. The van der Waals surface area contributed by atoms with Gasteiger partial charge in [-0.3, -0.25) is 4.79 Å². The predicted molar refractivity (Wildman–Crippen MR) is 127 cm³/mol. The molecule has 4 aromatic rings. The van der Waals surface area contributed by atoms with Crippen LogP contribution in [0.3, 0.4) is 0 Å². The first-order valence-corrected chi connectivity index (χ1v) is 12.5. The van der Waals surface area contributed by atoms with E-state index in [1.807, 2.05) is 10.6 Å². The van der Waals surface area contributed by atoms with Crippen molar-refractivity contribution in [3.8, 4) is 11.4 Å². The Labute approximate surface area is 200 Å². The molecule has 0 atom stereocenters. The maximum Gasteiger partial charge on any atom is 0.243 e. The minimum Gasteiger partial charge on any atom is -0.305 e. The first-order valence-electron chi connectivity index (χ1n) is 10.7. The Hall–Kier alpha value is -3.14. The lowest BCUT2D eigenvalue weighted by Gasteiger charge is -2.32. The topological polar surface area (TPSA) is 85.2 Å². The number of carbonyl (C=O) groups is 1. The van der Waals surface area contributed by atoms with Crippen LogP contribution in [-0.2, 0) is 10.0 Å². The summed E-state index contributed by atoms with van der Waals surface area (Å²) in [4.78, 5) is 20.2. The second kappa shape index (κ2) is 8.90. The number of aldehydes is 1. The molecule has 10 heteroatoms. The molecule has 34 heavy (non-hydrogen) atoms. The first kappa shape index (κ1) is 22.6. The van der Waals surface area contributed by atoms with E-state index in [-0.39, 0.29) is 40.4 Å². The van der Waals surface area contributed by atoms with E-state index in [4.69, 9.17) is 11.6 Å². The quantitative estimate of drug-likeness (QED) is 0.371. The van der Waals surface area contributed by atoms with Crippen LogP contribution in [-0.4, -0.2) is 46.6 Å². The van der Waals surface area contributed by atoms with Gasteiger partial charge in [0.1, 0.15) is 17.2 Å². The highest BCUT2D eigenvalue weighted by Gasteiger charge is 2.32. The minimum absolute atomic E-state index is 0.0448. The molecule has 7 nitrogen and oxygen atoms in total. The highest BCUT2D eigenvalue weighted by atomic mass is 35.5. The van der Waals surface area contributed by atoms with E-state index in [9.17, 15) is 17.6 Å². The number of hydrogen-bond donors (Lipinski definition) is 0. The van der Waals surface area contributed by atoms with Gasteiger partial charge in [-0.05, 0) is 55.3 Å². The zero-order valence-corrected chi connectivity index (χ0v) is 19.5. The number of pyridine rings is 1. The van der Waals surface area contributed by atoms with Crippen molar-refractivity contribution in [3.63, 3.8) is 0 Å². The molecule has 0 saturated carbocycles. The van der Waals surface area contributed by atoms with Crippen LogP contribution in [0.25, 0.3) is 22.6 Å². The van der Waals surface area contributed by atoms with Crippen molar-refractivity contribution < 1.29 is 17.6 Å². The highest BCUT2D eigenvalue weighted by molar-refractivity contribution is 7.89. The van der Waals surface area contributed by atoms with E-state index in [0.717, 1.165) is 0 Å². The van der Waals surface area contributed by atoms with Crippen LogP contribution in [0.5, 0.6) is 0 Å². The minimum atomic E-state index is -3.78. The molecular weight excluding hydrogens is 479 g/mol. The van der Waals surface area contributed by atoms with Crippen LogP contribution >= 0.6 is 11.6 Å². The highest BCUT2D eigenvalue weighted by Crippen LogP contribution is 2.35. The fourth-order valence-electron chi connectivity index (χ4n) is 4.36. The monoisotopic (exact) mass is 498 g/mol. The van der Waals surface area contributed by atoms with Gasteiger partial charge in [0.05, 0.1) is 15.5 Å². The standard InChI is InChI=1S/C24H20ClFN4O3S/c25-20-14-18(8-7-16(20)15-31)34(32,33)29-12-9-17(10-13-29)30-23(19-4-1-2-5-21(19)26)28-22-6-3-11-27-24(22)30/h1-8,11,14-15,17H,9-10,12-13H2. The van der Waals surface area contributed by atoms with Crippen LogP contribution in [0.2, 0.25) is 5.02 Å². The normalized spacial score (nSPS) is 15.6. The Balaban J connectivity index is 1.46. The summed E-state index contributed by atoms with van der Waals surface area (Å²) in [5.41, 5.74) is 1.90. The number of rotatable bonds is 5. The second-order valence-corrected chi connectivity index (χ2v) is 10.4. The molecule has 2 aromatic carbocycles. The number of benzene rings is 2. The van der Waals surface area contributed by atoms with Gasteiger partial charge in [-0.25, -0.2) is 22.8 Å². The third-order valence-electron chi connectivity index (χ3n) is 6.09. The number of piperidine rings is 1. The van der Waals surface area contributed by atoms with Gasteiger partial charge in [-0.2, -0.15) is 4.31 Å². The molecular formula is C24H20ClFN4O3S. The number of fused-ring (bicyclic) bond motifs is 1. The lowest BCUT2D eigenvalue weighted by Crippen LogP contribution is -2.39. The number of carbonyl (C=O) groups excluding carboxylic acids is 1. The third kappa shape index (κ3) is 3.89. The molecule has 5 rings (SSSR count). The molecule has 174 valence electrons. The van der Waals surface area contributed by atoms with Gasteiger partial charge in [0.15, 0.2) is 11.9 Å². The van der Waals surface area contributed by atoms with Crippen molar-refractivity contribution in [3.05, 3.63) is 77.2 Å². The first-order chi connectivity index (χ1) is 16.4. The predicted octanol–water partition coefficient (Wildman–Crippen LogP) is 4.73. The molecule has 0 unspecified atom stereocenters. The number of nitrogens with zero attached hydrogens (tertiary/aromatic N) is 4. The van der Waals surface area contributed by atoms with E-state index in [1.54, 1.807) is 30.5 Å². The van der Waals surface area contributed by atoms with Crippen molar-refractivity contribution in [2.24, 2.45) is 0 Å². The SMILES string of the molecule is O=Cc1ccc(S(=O)(=O)N2CCC(n3c(-c4ccccc4F)nc4cccnc43)CC2)cc1Cl. The van der Waals surface area contributed by atoms with E-state index in [2.05, 4.69) is 9.97 Å². The summed E-state index contributed by atoms with van der Waals surface area (Å²) in [6, 6.07) is 14.0. The summed E-state index contributed by atoms with van der Waals surface area (Å²) < 4.78 is 44.3. The van der Waals surface area contributed by atoms with E-state index in [1.165, 1.54) is 28.6 Å². The summed E-state index contributed by atoms with van der Waals surface area (Å²) in [6.45, 7) is 0.534. The molecule has 0 radical (unpaired) electrons. The maximum atomic E-state index is 14.6. The Morgan fingerprint density at radius 1 is 1.06 bits per heavy atom. The molecule has 0 aliphatic carbocycles. The van der Waals surface area contributed by atoms with E-state index in [0.29, 0.717) is 41.7 Å². The Morgan fingerprint density at radius 2 is 1.82 bits per heavy atom. The van der Waals surface area contributed by atoms with Crippen molar-refractivity contribution >= 4 is 39.1 Å². The number of aromatic nitrogens is 3. The molecule has 1 aliphatic heterocycles. The number of imidazole rings is 1. The summed E-state index contributed by atoms with van der Waals surface area (Å²) in [5, 5.41) is 0.0939. The van der Waals surface area contributed by atoms with Gasteiger partial charge in [-0.15, -0.1) is 0 Å². The molecule has 3 heterocycles. The Bertz CT molecular complexity index is 1500. The Kier molecular flexibility index (Phi) is 5.93. The third-order valence-corrected chi connectivity index (χ3v) is 8.31. The van der Waals surface area contributed by atoms with Gasteiger partial charge in [0, 0.05) is 30.9 Å². The summed E-state index contributed by atoms with van der Waals surface area (Å²) in [7, 11) is -3.78. The molecule has 0 amide bonds. The maximum absolute atomic E-state index is 14.6. The molecule has 1 fully saturated rings. The average Bonchev–Trinajstić information content (AvgIpc) is 3.23. The number of sulfonamides is 1. The van der Waals surface area contributed by atoms with Crippen molar-refractivity contribution in [2.75, 3.05) is 13.1 Å². The molecule has 1 saturated heterocycles. The van der Waals surface area contributed by atoms with Crippen LogP contribution in [0.15, 0.2) is 65.7 Å². The summed E-state index contributed by atoms with van der Waals surface area (Å²) in [6.07, 6.45) is 3.25. The lowest BCUT2D eigenvalue weighted by molar-refractivity contribution is 0.112. The van der Waals surface area contributed by atoms with Gasteiger partial charge >= 0.3 is 0 Å². The molecule has 0 spiro atoms. The summed E-state index contributed by atoms with van der Waals surface area (Å²) in [5.74, 6) is 0.0964. The zero-order chi connectivity index (χ0) is 23.9. The van der Waals surface area contributed by atoms with Gasteiger partial charge < -0.3 is 4.57 Å². The van der Waals surface area contributed by atoms with Gasteiger partial charge in [0.2, 0.25) is 10.0 Å².